The highest BCUT2D eigenvalue weighted by molar-refractivity contribution is 7.15. The molecule has 0 aliphatic heterocycles. The Balaban J connectivity index is 2.06. The monoisotopic (exact) mass is 340 g/mol. The lowest BCUT2D eigenvalue weighted by Gasteiger charge is -2.34. The van der Waals surface area contributed by atoms with Gasteiger partial charge >= 0.3 is 0 Å². The molecule has 1 heterocycles. The molecule has 0 radical (unpaired) electrons. The van der Waals surface area contributed by atoms with Crippen LogP contribution in [-0.4, -0.2) is 12.0 Å². The third kappa shape index (κ3) is 3.11. The van der Waals surface area contributed by atoms with Gasteiger partial charge < -0.3 is 5.32 Å². The molecule has 21 heavy (non-hydrogen) atoms. The van der Waals surface area contributed by atoms with Crippen LogP contribution in [0.4, 0.5) is 0 Å². The molecule has 0 spiro atoms. The number of aromatic nitrogens is 1. The van der Waals surface area contributed by atoms with Crippen LogP contribution in [0.2, 0.25) is 10.0 Å². The maximum atomic E-state index is 6.11. The van der Waals surface area contributed by atoms with Crippen molar-refractivity contribution >= 4 is 34.5 Å². The second-order valence-corrected chi connectivity index (χ2v) is 8.28. The minimum Gasteiger partial charge on any atom is -0.312 e. The Morgan fingerprint density at radius 2 is 1.90 bits per heavy atom. The second kappa shape index (κ2) is 5.54. The van der Waals surface area contributed by atoms with E-state index < -0.39 is 0 Å². The van der Waals surface area contributed by atoms with Crippen molar-refractivity contribution in [3.8, 4) is 10.6 Å². The van der Waals surface area contributed by atoms with E-state index in [1.54, 1.807) is 17.4 Å². The van der Waals surface area contributed by atoms with Gasteiger partial charge in [0.25, 0.3) is 0 Å². The Kier molecular flexibility index (Phi) is 4.04. The highest BCUT2D eigenvalue weighted by Crippen LogP contribution is 2.45. The minimum atomic E-state index is 0.276. The molecule has 0 amide bonds. The largest absolute Gasteiger partial charge is 0.312 e. The zero-order valence-electron chi connectivity index (χ0n) is 12.3. The topological polar surface area (TPSA) is 24.9 Å². The van der Waals surface area contributed by atoms with Crippen molar-refractivity contribution in [1.29, 1.82) is 0 Å². The van der Waals surface area contributed by atoms with Crippen molar-refractivity contribution in [1.82, 2.24) is 10.3 Å². The van der Waals surface area contributed by atoms with Crippen molar-refractivity contribution < 1.29 is 0 Å². The van der Waals surface area contributed by atoms with Gasteiger partial charge in [-0.05, 0) is 43.5 Å². The molecule has 2 aromatic rings. The summed E-state index contributed by atoms with van der Waals surface area (Å²) in [6.45, 7) is 4.60. The average molecular weight is 341 g/mol. The molecule has 1 N–H and O–H groups in total. The predicted molar refractivity (Wildman–Crippen MR) is 91.5 cm³/mol. The summed E-state index contributed by atoms with van der Waals surface area (Å²) in [4.78, 5) is 6.21. The lowest BCUT2D eigenvalue weighted by Crippen LogP contribution is -2.30. The van der Waals surface area contributed by atoms with Crippen LogP contribution in [0.25, 0.3) is 10.6 Å². The van der Waals surface area contributed by atoms with Crippen molar-refractivity contribution in [2.75, 3.05) is 7.05 Å². The first-order chi connectivity index (χ1) is 9.88. The Labute approximate surface area is 139 Å². The smallest absolute Gasteiger partial charge is 0.124 e. The minimum absolute atomic E-state index is 0.276. The summed E-state index contributed by atoms with van der Waals surface area (Å²) in [5, 5.41) is 5.72. The third-order valence-electron chi connectivity index (χ3n) is 3.90. The number of rotatable bonds is 2. The number of nitrogens with one attached hydrogen (secondary N) is 1. The molecule has 1 aliphatic carbocycles. The molecule has 5 heteroatoms. The lowest BCUT2D eigenvalue weighted by atomic mass is 9.76. The van der Waals surface area contributed by atoms with E-state index in [1.807, 2.05) is 19.2 Å². The van der Waals surface area contributed by atoms with E-state index in [0.29, 0.717) is 16.1 Å². The summed E-state index contributed by atoms with van der Waals surface area (Å²) >= 11 is 14.0. The number of halogens is 2. The lowest BCUT2D eigenvalue weighted by molar-refractivity contribution is 0.265. The fourth-order valence-electron chi connectivity index (χ4n) is 2.97. The fraction of sp³-hybridized carbons (Fsp3) is 0.438. The molecule has 0 bridgehead atoms. The van der Waals surface area contributed by atoms with Crippen molar-refractivity contribution in [3.63, 3.8) is 0 Å². The Bertz CT molecular complexity index is 659. The molecule has 3 rings (SSSR count). The van der Waals surface area contributed by atoms with Gasteiger partial charge in [-0.1, -0.05) is 37.0 Å². The normalized spacial score (nSPS) is 20.3. The first kappa shape index (κ1) is 15.3. The standard InChI is InChI=1S/C16H18Cl2N2S/c1-16(2)7-12(19-3)14-13(8-16)20-15(21-14)9-4-10(17)6-11(18)5-9/h4-6,12,19H,7-8H2,1-3H3. The molecular formula is C16H18Cl2N2S. The number of thiazole rings is 1. The Morgan fingerprint density at radius 3 is 2.52 bits per heavy atom. The summed E-state index contributed by atoms with van der Waals surface area (Å²) in [6, 6.07) is 5.98. The quantitative estimate of drug-likeness (QED) is 0.796. The van der Waals surface area contributed by atoms with E-state index in [-0.39, 0.29) is 5.41 Å². The van der Waals surface area contributed by atoms with Crippen LogP contribution in [0, 0.1) is 5.41 Å². The second-order valence-electron chi connectivity index (χ2n) is 6.37. The SMILES string of the molecule is CNC1CC(C)(C)Cc2nc(-c3cc(Cl)cc(Cl)c3)sc21. The molecule has 112 valence electrons. The van der Waals surface area contributed by atoms with Crippen molar-refractivity contribution in [2.24, 2.45) is 5.41 Å². The van der Waals surface area contributed by atoms with Crippen LogP contribution in [0.3, 0.4) is 0 Å². The highest BCUT2D eigenvalue weighted by Gasteiger charge is 2.34. The van der Waals surface area contributed by atoms with Gasteiger partial charge in [-0.15, -0.1) is 11.3 Å². The fourth-order valence-corrected chi connectivity index (χ4v) is 4.67. The van der Waals surface area contributed by atoms with E-state index in [4.69, 9.17) is 28.2 Å². The van der Waals surface area contributed by atoms with Gasteiger partial charge in [-0.2, -0.15) is 0 Å². The maximum absolute atomic E-state index is 6.11. The van der Waals surface area contributed by atoms with Gasteiger partial charge in [0.05, 0.1) is 5.69 Å². The molecular weight excluding hydrogens is 323 g/mol. The number of hydrogen-bond acceptors (Lipinski definition) is 3. The van der Waals surface area contributed by atoms with Crippen LogP contribution >= 0.6 is 34.5 Å². The molecule has 0 fully saturated rings. The molecule has 0 saturated carbocycles. The molecule has 1 aliphatic rings. The van der Waals surface area contributed by atoms with Crippen LogP contribution in [0.1, 0.15) is 36.9 Å². The van der Waals surface area contributed by atoms with E-state index in [2.05, 4.69) is 19.2 Å². The molecule has 1 unspecified atom stereocenters. The summed E-state index contributed by atoms with van der Waals surface area (Å²) in [7, 11) is 2.02. The third-order valence-corrected chi connectivity index (χ3v) is 5.60. The summed E-state index contributed by atoms with van der Waals surface area (Å²) in [5.41, 5.74) is 2.49. The molecule has 1 aromatic carbocycles. The Hall–Kier alpha value is -0.610. The van der Waals surface area contributed by atoms with Crippen molar-refractivity contribution in [3.05, 3.63) is 38.8 Å². The van der Waals surface area contributed by atoms with Gasteiger partial charge in [0.2, 0.25) is 0 Å². The van der Waals surface area contributed by atoms with Gasteiger partial charge in [0, 0.05) is 26.5 Å². The van der Waals surface area contributed by atoms with Crippen LogP contribution in [0.15, 0.2) is 18.2 Å². The van der Waals surface area contributed by atoms with E-state index in [0.717, 1.165) is 23.4 Å². The number of nitrogens with zero attached hydrogens (tertiary/aromatic N) is 1. The summed E-state index contributed by atoms with van der Waals surface area (Å²) < 4.78 is 0. The number of hydrogen-bond donors (Lipinski definition) is 1. The molecule has 1 atom stereocenters. The number of fused-ring (bicyclic) bond motifs is 1. The highest BCUT2D eigenvalue weighted by atomic mass is 35.5. The van der Waals surface area contributed by atoms with Gasteiger partial charge in [-0.3, -0.25) is 0 Å². The first-order valence-electron chi connectivity index (χ1n) is 7.01. The van der Waals surface area contributed by atoms with Gasteiger partial charge in [-0.25, -0.2) is 4.98 Å². The molecule has 1 aromatic heterocycles. The summed E-state index contributed by atoms with van der Waals surface area (Å²) in [5.74, 6) is 0. The zero-order chi connectivity index (χ0) is 15.2. The van der Waals surface area contributed by atoms with Crippen LogP contribution in [-0.2, 0) is 6.42 Å². The van der Waals surface area contributed by atoms with Gasteiger partial charge in [0.1, 0.15) is 5.01 Å². The summed E-state index contributed by atoms with van der Waals surface area (Å²) in [6.07, 6.45) is 2.15. The number of benzene rings is 1. The molecule has 2 nitrogen and oxygen atoms in total. The molecule has 0 saturated heterocycles. The van der Waals surface area contributed by atoms with E-state index >= 15 is 0 Å². The van der Waals surface area contributed by atoms with E-state index in [9.17, 15) is 0 Å². The first-order valence-corrected chi connectivity index (χ1v) is 8.58. The van der Waals surface area contributed by atoms with Crippen LogP contribution in [0.5, 0.6) is 0 Å². The van der Waals surface area contributed by atoms with Gasteiger partial charge in [0.15, 0.2) is 0 Å². The van der Waals surface area contributed by atoms with E-state index in [1.165, 1.54) is 10.6 Å². The Morgan fingerprint density at radius 1 is 1.24 bits per heavy atom. The maximum Gasteiger partial charge on any atom is 0.124 e. The average Bonchev–Trinajstić information content (AvgIpc) is 2.78. The van der Waals surface area contributed by atoms with Crippen molar-refractivity contribution in [2.45, 2.75) is 32.7 Å². The zero-order valence-corrected chi connectivity index (χ0v) is 14.7. The van der Waals surface area contributed by atoms with Crippen LogP contribution < -0.4 is 5.32 Å². The predicted octanol–water partition coefficient (Wildman–Crippen LogP) is 5.35.